The van der Waals surface area contributed by atoms with E-state index in [0.717, 1.165) is 13.1 Å². The normalized spacial score (nSPS) is 23.4. The topological polar surface area (TPSA) is 29.1 Å². The zero-order chi connectivity index (χ0) is 12.0. The Bertz CT molecular complexity index is 321. The van der Waals surface area contributed by atoms with Crippen LogP contribution in [0.15, 0.2) is 30.3 Å². The molecule has 2 rings (SSSR count). The van der Waals surface area contributed by atoms with E-state index in [1.54, 1.807) is 6.92 Å². The van der Waals surface area contributed by atoms with Gasteiger partial charge in [-0.05, 0) is 12.5 Å². The Morgan fingerprint density at radius 2 is 1.81 bits per heavy atom. The van der Waals surface area contributed by atoms with E-state index in [2.05, 4.69) is 17.4 Å². The summed E-state index contributed by atoms with van der Waals surface area (Å²) in [6.45, 7) is 7.44. The molecule has 1 aliphatic rings. The Hall–Kier alpha value is -1.15. The minimum Gasteiger partial charge on any atom is -0.315 e. The van der Waals surface area contributed by atoms with E-state index >= 15 is 0 Å². The highest BCUT2D eigenvalue weighted by molar-refractivity contribution is 5.80. The highest BCUT2D eigenvalue weighted by Crippen LogP contribution is 2.28. The molecule has 0 spiro atoms. The fourth-order valence-corrected chi connectivity index (χ4v) is 2.16. The van der Waals surface area contributed by atoms with Gasteiger partial charge in [-0.1, -0.05) is 44.2 Å². The molecule has 1 heterocycles. The lowest BCUT2D eigenvalue weighted by Crippen LogP contribution is -2.18. The lowest BCUT2D eigenvalue weighted by atomic mass is 9.87. The molecule has 0 amide bonds. The van der Waals surface area contributed by atoms with Gasteiger partial charge in [-0.25, -0.2) is 0 Å². The Balaban J connectivity index is 0.000000606. The number of Topliss-reactive ketones (excluding diaryl/α,β-unsaturated/α-hetero) is 1. The summed E-state index contributed by atoms with van der Waals surface area (Å²) in [5.74, 6) is 0.829. The van der Waals surface area contributed by atoms with Gasteiger partial charge in [0.15, 0.2) is 0 Å². The van der Waals surface area contributed by atoms with Crippen LogP contribution in [-0.2, 0) is 4.79 Å². The first-order valence-corrected chi connectivity index (χ1v) is 6.05. The molecule has 1 saturated heterocycles. The number of carbonyl (C=O) groups is 1. The predicted octanol–water partition coefficient (Wildman–Crippen LogP) is 2.60. The second kappa shape index (κ2) is 6.44. The van der Waals surface area contributed by atoms with Crippen LogP contribution in [0.4, 0.5) is 0 Å². The summed E-state index contributed by atoms with van der Waals surface area (Å²) < 4.78 is 0. The van der Waals surface area contributed by atoms with Crippen molar-refractivity contribution in [3.8, 4) is 0 Å². The van der Waals surface area contributed by atoms with Crippen molar-refractivity contribution in [3.63, 3.8) is 0 Å². The summed E-state index contributed by atoms with van der Waals surface area (Å²) in [5, 5.41) is 3.28. The number of benzene rings is 1. The summed E-state index contributed by atoms with van der Waals surface area (Å²) >= 11 is 0. The van der Waals surface area contributed by atoms with Gasteiger partial charge in [-0.15, -0.1) is 0 Å². The molecule has 1 N–H and O–H groups in total. The van der Waals surface area contributed by atoms with E-state index in [9.17, 15) is 4.79 Å². The van der Waals surface area contributed by atoms with Crippen LogP contribution in [-0.4, -0.2) is 18.9 Å². The Morgan fingerprint density at radius 3 is 2.38 bits per heavy atom. The first kappa shape index (κ1) is 12.9. The number of hydrogen-bond acceptors (Lipinski definition) is 2. The van der Waals surface area contributed by atoms with Crippen LogP contribution in [0.2, 0.25) is 0 Å². The van der Waals surface area contributed by atoms with Gasteiger partial charge in [-0.3, -0.25) is 4.79 Å². The molecular formula is C14H21NO. The van der Waals surface area contributed by atoms with E-state index < -0.39 is 0 Å². The lowest BCUT2D eigenvalue weighted by molar-refractivity contribution is -0.120. The molecule has 88 valence electrons. The molecule has 1 aromatic rings. The molecule has 1 fully saturated rings. The Labute approximate surface area is 98.1 Å². The molecule has 0 aromatic heterocycles. The summed E-state index contributed by atoms with van der Waals surface area (Å²) in [5.41, 5.74) is 1.28. The zero-order valence-corrected chi connectivity index (χ0v) is 10.4. The van der Waals surface area contributed by atoms with Crippen LogP contribution in [0.5, 0.6) is 0 Å². The third kappa shape index (κ3) is 2.92. The second-order valence-corrected chi connectivity index (χ2v) is 3.89. The molecular weight excluding hydrogens is 198 g/mol. The van der Waals surface area contributed by atoms with Gasteiger partial charge < -0.3 is 5.32 Å². The predicted molar refractivity (Wildman–Crippen MR) is 67.6 cm³/mol. The van der Waals surface area contributed by atoms with Crippen molar-refractivity contribution in [2.45, 2.75) is 26.7 Å². The Kier molecular flexibility index (Phi) is 5.20. The quantitative estimate of drug-likeness (QED) is 0.828. The summed E-state index contributed by atoms with van der Waals surface area (Å²) in [7, 11) is 0. The summed E-state index contributed by atoms with van der Waals surface area (Å²) in [4.78, 5) is 11.4. The number of hydrogen-bond donors (Lipinski definition) is 1. The van der Waals surface area contributed by atoms with Gasteiger partial charge in [0.2, 0.25) is 0 Å². The summed E-state index contributed by atoms with van der Waals surface area (Å²) in [6.07, 6.45) is 0. The SMILES string of the molecule is CC.CC(=O)[C@@H]1CNC[C@H]1c1ccccc1. The van der Waals surface area contributed by atoms with E-state index in [0.29, 0.717) is 11.7 Å². The van der Waals surface area contributed by atoms with Crippen molar-refractivity contribution in [1.82, 2.24) is 5.32 Å². The lowest BCUT2D eigenvalue weighted by Gasteiger charge is -2.15. The maximum atomic E-state index is 11.4. The average Bonchev–Trinajstić information content (AvgIpc) is 2.82. The number of rotatable bonds is 2. The minimum atomic E-state index is 0.164. The van der Waals surface area contributed by atoms with E-state index in [1.807, 2.05) is 32.0 Å². The molecule has 1 aliphatic heterocycles. The van der Waals surface area contributed by atoms with Crippen LogP contribution in [0, 0.1) is 5.92 Å². The van der Waals surface area contributed by atoms with Crippen LogP contribution in [0.25, 0.3) is 0 Å². The van der Waals surface area contributed by atoms with Crippen LogP contribution >= 0.6 is 0 Å². The maximum Gasteiger partial charge on any atom is 0.134 e. The standard InChI is InChI=1S/C12H15NO.C2H6/c1-9(14)11-7-13-8-12(11)10-5-3-2-4-6-10;1-2/h2-6,11-13H,7-8H2,1H3;1-2H3/t11-,12-;/m0./s1. The zero-order valence-electron chi connectivity index (χ0n) is 10.4. The third-order valence-corrected chi connectivity index (χ3v) is 2.96. The molecule has 16 heavy (non-hydrogen) atoms. The Morgan fingerprint density at radius 1 is 1.19 bits per heavy atom. The van der Waals surface area contributed by atoms with Crippen molar-refractivity contribution in [2.75, 3.05) is 13.1 Å². The smallest absolute Gasteiger partial charge is 0.134 e. The molecule has 2 heteroatoms. The van der Waals surface area contributed by atoms with E-state index in [4.69, 9.17) is 0 Å². The summed E-state index contributed by atoms with van der Waals surface area (Å²) in [6, 6.07) is 10.3. The van der Waals surface area contributed by atoms with Gasteiger partial charge in [0.25, 0.3) is 0 Å². The van der Waals surface area contributed by atoms with Crippen molar-refractivity contribution in [2.24, 2.45) is 5.92 Å². The van der Waals surface area contributed by atoms with Gasteiger partial charge in [0.05, 0.1) is 0 Å². The fourth-order valence-electron chi connectivity index (χ4n) is 2.16. The maximum absolute atomic E-state index is 11.4. The average molecular weight is 219 g/mol. The molecule has 0 aliphatic carbocycles. The second-order valence-electron chi connectivity index (χ2n) is 3.89. The molecule has 1 aromatic carbocycles. The van der Waals surface area contributed by atoms with Crippen LogP contribution in [0.1, 0.15) is 32.3 Å². The number of nitrogens with one attached hydrogen (secondary N) is 1. The van der Waals surface area contributed by atoms with Gasteiger partial charge >= 0.3 is 0 Å². The first-order chi connectivity index (χ1) is 7.79. The van der Waals surface area contributed by atoms with Crippen molar-refractivity contribution >= 4 is 5.78 Å². The molecule has 0 saturated carbocycles. The monoisotopic (exact) mass is 219 g/mol. The van der Waals surface area contributed by atoms with Gasteiger partial charge in [0.1, 0.15) is 5.78 Å². The van der Waals surface area contributed by atoms with Crippen LogP contribution in [0.3, 0.4) is 0 Å². The van der Waals surface area contributed by atoms with E-state index in [1.165, 1.54) is 5.56 Å². The highest BCUT2D eigenvalue weighted by Gasteiger charge is 2.31. The third-order valence-electron chi connectivity index (χ3n) is 2.96. The van der Waals surface area contributed by atoms with Crippen molar-refractivity contribution in [3.05, 3.63) is 35.9 Å². The molecule has 2 nitrogen and oxygen atoms in total. The van der Waals surface area contributed by atoms with Crippen molar-refractivity contribution in [1.29, 1.82) is 0 Å². The van der Waals surface area contributed by atoms with Crippen molar-refractivity contribution < 1.29 is 4.79 Å². The van der Waals surface area contributed by atoms with E-state index in [-0.39, 0.29) is 5.92 Å². The molecule has 0 bridgehead atoms. The molecule has 0 radical (unpaired) electrons. The highest BCUT2D eigenvalue weighted by atomic mass is 16.1. The fraction of sp³-hybridized carbons (Fsp3) is 0.500. The number of ketones is 1. The minimum absolute atomic E-state index is 0.164. The first-order valence-electron chi connectivity index (χ1n) is 6.05. The molecule has 2 atom stereocenters. The largest absolute Gasteiger partial charge is 0.315 e. The molecule has 0 unspecified atom stereocenters. The number of carbonyl (C=O) groups excluding carboxylic acids is 1. The van der Waals surface area contributed by atoms with Crippen LogP contribution < -0.4 is 5.32 Å². The van der Waals surface area contributed by atoms with Gasteiger partial charge in [0, 0.05) is 24.9 Å². The van der Waals surface area contributed by atoms with Gasteiger partial charge in [-0.2, -0.15) is 0 Å².